The maximum atomic E-state index is 11.1. The summed E-state index contributed by atoms with van der Waals surface area (Å²) in [4.78, 5) is 0. The average Bonchev–Trinajstić information content (AvgIpc) is 2.36. The molecule has 2 spiro atoms. The van der Waals surface area contributed by atoms with Crippen molar-refractivity contribution in [2.24, 2.45) is 34.0 Å². The van der Waals surface area contributed by atoms with E-state index in [4.69, 9.17) is 0 Å². The topological polar surface area (TPSA) is 20.2 Å². The third kappa shape index (κ3) is 0.455. The van der Waals surface area contributed by atoms with E-state index in [0.717, 1.165) is 30.6 Å². The predicted molar refractivity (Wildman–Crippen MR) is 61.7 cm³/mol. The molecule has 4 saturated carbocycles. The summed E-state index contributed by atoms with van der Waals surface area (Å²) in [5.74, 6) is 2.37. The van der Waals surface area contributed by atoms with E-state index < -0.39 is 0 Å². The molecular weight excluding hydrogens is 196 g/mol. The standard InChI is InChI=1S/C15H20O/c1-12(2)8-13(16)6-5-10-7-9-3-4-11-14(9,12)15(10,11)13/h3-4,9-11,16H,5-8H2,1-2H3/t9-,10-,11?,13-,14+,15?/m0/s1. The lowest BCUT2D eigenvalue weighted by Gasteiger charge is -2.36. The second kappa shape index (κ2) is 1.84. The molecule has 2 unspecified atom stereocenters. The van der Waals surface area contributed by atoms with E-state index in [1.807, 2.05) is 0 Å². The van der Waals surface area contributed by atoms with Gasteiger partial charge >= 0.3 is 0 Å². The van der Waals surface area contributed by atoms with Crippen LogP contribution in [0, 0.1) is 34.0 Å². The van der Waals surface area contributed by atoms with Gasteiger partial charge in [0.2, 0.25) is 0 Å². The lowest BCUT2D eigenvalue weighted by atomic mass is 9.69. The van der Waals surface area contributed by atoms with Crippen LogP contribution < -0.4 is 0 Å². The van der Waals surface area contributed by atoms with Gasteiger partial charge in [-0.3, -0.25) is 0 Å². The molecule has 0 aromatic rings. The van der Waals surface area contributed by atoms with E-state index in [9.17, 15) is 5.11 Å². The Morgan fingerprint density at radius 1 is 1.19 bits per heavy atom. The lowest BCUT2D eigenvalue weighted by Crippen LogP contribution is -2.37. The van der Waals surface area contributed by atoms with Crippen molar-refractivity contribution in [3.8, 4) is 0 Å². The van der Waals surface area contributed by atoms with Gasteiger partial charge in [-0.25, -0.2) is 0 Å². The van der Waals surface area contributed by atoms with Crippen LogP contribution in [0.4, 0.5) is 0 Å². The summed E-state index contributed by atoms with van der Waals surface area (Å²) >= 11 is 0. The summed E-state index contributed by atoms with van der Waals surface area (Å²) in [5, 5.41) is 11.1. The Labute approximate surface area is 96.9 Å². The van der Waals surface area contributed by atoms with Gasteiger partial charge in [-0.05, 0) is 54.3 Å². The van der Waals surface area contributed by atoms with Crippen LogP contribution in [0.1, 0.15) is 39.5 Å². The van der Waals surface area contributed by atoms with Gasteiger partial charge in [-0.2, -0.15) is 0 Å². The van der Waals surface area contributed by atoms with Gasteiger partial charge in [0.05, 0.1) is 5.60 Å². The minimum atomic E-state index is -0.300. The van der Waals surface area contributed by atoms with Crippen LogP contribution in [0.25, 0.3) is 0 Å². The van der Waals surface area contributed by atoms with Crippen molar-refractivity contribution in [2.45, 2.75) is 45.1 Å². The Kier molecular flexibility index (Phi) is 1.01. The van der Waals surface area contributed by atoms with Gasteiger partial charge in [0.25, 0.3) is 0 Å². The Morgan fingerprint density at radius 3 is 2.75 bits per heavy atom. The largest absolute Gasteiger partial charge is 0.389 e. The van der Waals surface area contributed by atoms with Crippen LogP contribution in [0.3, 0.4) is 0 Å². The highest BCUT2D eigenvalue weighted by Crippen LogP contribution is 2.99. The van der Waals surface area contributed by atoms with Gasteiger partial charge in [-0.15, -0.1) is 0 Å². The van der Waals surface area contributed by atoms with Gasteiger partial charge in [0.1, 0.15) is 0 Å². The molecule has 1 nitrogen and oxygen atoms in total. The lowest BCUT2D eigenvalue weighted by molar-refractivity contribution is -0.0259. The molecule has 0 aromatic carbocycles. The molecular formula is C15H20O. The van der Waals surface area contributed by atoms with Crippen molar-refractivity contribution in [3.63, 3.8) is 0 Å². The molecule has 0 heterocycles. The van der Waals surface area contributed by atoms with E-state index in [0.29, 0.717) is 16.2 Å². The highest BCUT2D eigenvalue weighted by molar-refractivity contribution is 5.52. The van der Waals surface area contributed by atoms with E-state index in [1.165, 1.54) is 12.8 Å². The van der Waals surface area contributed by atoms with Crippen molar-refractivity contribution in [1.82, 2.24) is 0 Å². The average molecular weight is 216 g/mol. The van der Waals surface area contributed by atoms with Crippen LogP contribution >= 0.6 is 0 Å². The summed E-state index contributed by atoms with van der Waals surface area (Å²) in [6.45, 7) is 4.85. The molecule has 5 rings (SSSR count). The Balaban J connectivity index is 1.87. The SMILES string of the molecule is CC1(C)C[C@@]2(O)CC[C@H]3C[C@@H]4C=CC5C32[C@@]541. The number of hydrogen-bond acceptors (Lipinski definition) is 1. The molecule has 5 aliphatic carbocycles. The van der Waals surface area contributed by atoms with Crippen molar-refractivity contribution in [3.05, 3.63) is 12.2 Å². The summed E-state index contributed by atoms with van der Waals surface area (Å²) in [7, 11) is 0. The Hall–Kier alpha value is -0.300. The van der Waals surface area contributed by atoms with E-state index in [2.05, 4.69) is 26.0 Å². The first-order valence-corrected chi connectivity index (χ1v) is 6.91. The second-order valence-corrected chi connectivity index (χ2v) is 7.77. The summed E-state index contributed by atoms with van der Waals surface area (Å²) in [6.07, 6.45) is 9.77. The monoisotopic (exact) mass is 216 g/mol. The summed E-state index contributed by atoms with van der Waals surface area (Å²) in [6, 6.07) is 0. The zero-order valence-corrected chi connectivity index (χ0v) is 10.2. The highest BCUT2D eigenvalue weighted by Gasteiger charge is 2.98. The zero-order chi connectivity index (χ0) is 11.0. The predicted octanol–water partition coefficient (Wildman–Crippen LogP) is 2.75. The van der Waals surface area contributed by atoms with Crippen LogP contribution in [0.2, 0.25) is 0 Å². The molecule has 4 fully saturated rings. The normalized spacial score (nSPS) is 70.8. The fraction of sp³-hybridized carbons (Fsp3) is 0.867. The van der Waals surface area contributed by atoms with Crippen LogP contribution in [0.15, 0.2) is 12.2 Å². The van der Waals surface area contributed by atoms with Crippen molar-refractivity contribution in [2.75, 3.05) is 0 Å². The quantitative estimate of drug-likeness (QED) is 0.617. The van der Waals surface area contributed by atoms with Gasteiger partial charge in [-0.1, -0.05) is 26.0 Å². The Bertz CT molecular complexity index is 450. The zero-order valence-electron chi connectivity index (χ0n) is 10.2. The molecule has 1 heteroatoms. The van der Waals surface area contributed by atoms with Crippen molar-refractivity contribution < 1.29 is 5.11 Å². The van der Waals surface area contributed by atoms with Crippen molar-refractivity contribution >= 4 is 0 Å². The summed E-state index contributed by atoms with van der Waals surface area (Å²) < 4.78 is 0. The molecule has 0 saturated heterocycles. The van der Waals surface area contributed by atoms with Gasteiger partial charge < -0.3 is 5.11 Å². The first-order valence-electron chi connectivity index (χ1n) is 6.91. The van der Waals surface area contributed by atoms with Crippen LogP contribution in [-0.2, 0) is 0 Å². The molecule has 0 amide bonds. The first kappa shape index (κ1) is 8.74. The van der Waals surface area contributed by atoms with Gasteiger partial charge in [0, 0.05) is 5.41 Å². The van der Waals surface area contributed by atoms with Crippen LogP contribution in [0.5, 0.6) is 0 Å². The maximum absolute atomic E-state index is 11.1. The number of hydrogen-bond donors (Lipinski definition) is 1. The van der Waals surface area contributed by atoms with Crippen LogP contribution in [-0.4, -0.2) is 10.7 Å². The van der Waals surface area contributed by atoms with E-state index in [1.54, 1.807) is 0 Å². The third-order valence-corrected chi connectivity index (χ3v) is 7.42. The molecule has 6 atom stereocenters. The number of allylic oxidation sites excluding steroid dienone is 2. The third-order valence-electron chi connectivity index (χ3n) is 7.42. The highest BCUT2D eigenvalue weighted by atomic mass is 16.3. The molecule has 1 N–H and O–H groups in total. The Morgan fingerprint density at radius 2 is 2.00 bits per heavy atom. The van der Waals surface area contributed by atoms with E-state index in [-0.39, 0.29) is 5.60 Å². The number of rotatable bonds is 0. The fourth-order valence-corrected chi connectivity index (χ4v) is 7.75. The smallest absolute Gasteiger partial charge is 0.0723 e. The minimum absolute atomic E-state index is 0.300. The molecule has 86 valence electrons. The molecule has 5 aliphatic rings. The molecule has 16 heavy (non-hydrogen) atoms. The van der Waals surface area contributed by atoms with E-state index >= 15 is 0 Å². The molecule has 0 bridgehead atoms. The fourth-order valence-electron chi connectivity index (χ4n) is 7.75. The van der Waals surface area contributed by atoms with Gasteiger partial charge in [0.15, 0.2) is 0 Å². The minimum Gasteiger partial charge on any atom is -0.389 e. The molecule has 0 aliphatic heterocycles. The summed E-state index contributed by atoms with van der Waals surface area (Å²) in [5.41, 5.74) is 0.875. The first-order chi connectivity index (χ1) is 7.51. The second-order valence-electron chi connectivity index (χ2n) is 7.77. The molecule has 0 aromatic heterocycles. The maximum Gasteiger partial charge on any atom is 0.0723 e. The van der Waals surface area contributed by atoms with Crippen molar-refractivity contribution in [1.29, 1.82) is 0 Å². The molecule has 0 radical (unpaired) electrons. The number of aliphatic hydroxyl groups is 1.